The normalized spacial score (nSPS) is 38.2. The van der Waals surface area contributed by atoms with Crippen LogP contribution in [0.3, 0.4) is 0 Å². The summed E-state index contributed by atoms with van der Waals surface area (Å²) in [5, 5.41) is 0. The van der Waals surface area contributed by atoms with Crippen LogP contribution in [0.15, 0.2) is 100 Å². The zero-order valence-corrected chi connectivity index (χ0v) is 39.0. The summed E-state index contributed by atoms with van der Waals surface area (Å²) in [4.78, 5) is 6.34. The maximum absolute atomic E-state index is 3.28. The first-order valence-corrected chi connectivity index (χ1v) is 23.9. The first-order valence-electron chi connectivity index (χ1n) is 23.9. The highest BCUT2D eigenvalue weighted by molar-refractivity contribution is 6.72. The second kappa shape index (κ2) is 12.8. The van der Waals surface area contributed by atoms with Crippen molar-refractivity contribution in [3.05, 3.63) is 106 Å². The van der Waals surface area contributed by atoms with Gasteiger partial charge in [-0.2, -0.15) is 0 Å². The van der Waals surface area contributed by atoms with Crippen LogP contribution in [0.1, 0.15) is 141 Å². The SMILES string of the molecule is CC(C)(C)C1=CC2C3C(=C1)B1C4C=C(C(C)(C)C)CC5C6=C(C=CC(C(C)(C)C)C6)N(C6=CC(C(C)(C)c7ccccc7)CC(C16)N3C1CCC(C(C)(C)C)C[C@H]21)C45. The van der Waals surface area contributed by atoms with Gasteiger partial charge < -0.3 is 4.90 Å². The summed E-state index contributed by atoms with van der Waals surface area (Å²) in [7, 11) is 0. The van der Waals surface area contributed by atoms with E-state index < -0.39 is 0 Å². The molecule has 9 aliphatic rings. The maximum Gasteiger partial charge on any atom is 0.193 e. The second-order valence-electron chi connectivity index (χ2n) is 25.9. The molecule has 4 aliphatic heterocycles. The van der Waals surface area contributed by atoms with E-state index in [1.807, 2.05) is 5.47 Å². The van der Waals surface area contributed by atoms with Gasteiger partial charge in [0, 0.05) is 47.4 Å². The molecule has 4 heterocycles. The Morgan fingerprint density at radius 3 is 2.09 bits per heavy atom. The number of nitrogens with zero attached hydrogens (tertiary/aromatic N) is 2. The zero-order chi connectivity index (χ0) is 41.2. The first-order chi connectivity index (χ1) is 27.0. The summed E-state index contributed by atoms with van der Waals surface area (Å²) in [6, 6.07) is 13.9. The van der Waals surface area contributed by atoms with Crippen LogP contribution in [0.4, 0.5) is 0 Å². The quantitative estimate of drug-likeness (QED) is 0.218. The van der Waals surface area contributed by atoms with Crippen molar-refractivity contribution in [2.24, 2.45) is 57.2 Å². The minimum atomic E-state index is 0.0396. The monoisotopic (exact) mass is 777 g/mol. The fourth-order valence-electron chi connectivity index (χ4n) is 14.9. The maximum atomic E-state index is 3.28. The lowest BCUT2D eigenvalue weighted by molar-refractivity contribution is 0.0422. The van der Waals surface area contributed by atoms with Gasteiger partial charge in [0.1, 0.15) is 0 Å². The molecule has 0 radical (unpaired) electrons. The van der Waals surface area contributed by atoms with Gasteiger partial charge in [0.2, 0.25) is 0 Å². The van der Waals surface area contributed by atoms with Gasteiger partial charge in [-0.25, -0.2) is 0 Å². The van der Waals surface area contributed by atoms with E-state index in [-0.39, 0.29) is 21.7 Å². The Kier molecular flexibility index (Phi) is 8.72. The van der Waals surface area contributed by atoms with Gasteiger partial charge in [0.05, 0.1) is 0 Å². The molecule has 12 atom stereocenters. The molecule has 3 saturated heterocycles. The molecule has 4 fully saturated rings. The molecule has 1 aromatic rings. The lowest BCUT2D eigenvalue weighted by Crippen LogP contribution is -2.67. The van der Waals surface area contributed by atoms with Crippen LogP contribution in [0, 0.1) is 57.2 Å². The number of fused-ring (bicyclic) bond motifs is 9. The molecule has 1 saturated carbocycles. The lowest BCUT2D eigenvalue weighted by Gasteiger charge is -2.63. The van der Waals surface area contributed by atoms with Gasteiger partial charge >= 0.3 is 0 Å². The summed E-state index contributed by atoms with van der Waals surface area (Å²) < 4.78 is 0. The van der Waals surface area contributed by atoms with Gasteiger partial charge in [-0.05, 0) is 124 Å². The molecule has 2 nitrogen and oxygen atoms in total. The van der Waals surface area contributed by atoms with Crippen molar-refractivity contribution in [3.8, 4) is 0 Å². The van der Waals surface area contributed by atoms with E-state index in [9.17, 15) is 0 Å². The van der Waals surface area contributed by atoms with Gasteiger partial charge in [-0.3, -0.25) is 4.90 Å². The Bertz CT molecular complexity index is 2040. The fourth-order valence-corrected chi connectivity index (χ4v) is 14.9. The summed E-state index contributed by atoms with van der Waals surface area (Å²) in [5.74, 6) is 4.85. The first kappa shape index (κ1) is 39.6. The highest BCUT2D eigenvalue weighted by atomic mass is 15.3. The highest BCUT2D eigenvalue weighted by Gasteiger charge is 2.68. The number of rotatable bonds is 2. The smallest absolute Gasteiger partial charge is 0.193 e. The van der Waals surface area contributed by atoms with E-state index in [1.165, 1.54) is 44.1 Å². The third-order valence-corrected chi connectivity index (χ3v) is 18.4. The number of hydrogen-bond acceptors (Lipinski definition) is 2. The minimum Gasteiger partial charge on any atom is -0.342 e. The molecule has 0 aromatic heterocycles. The Morgan fingerprint density at radius 2 is 1.43 bits per heavy atom. The standard InChI is InChI=1S/C55H77BN2/c1-51(2,3)33-20-22-44-38(24-33)40-26-35(53(7,8)9)28-42-49(40)57(44)46-30-37(55(13,14)32-18-16-15-17-19-32)31-47-48(46)56(42)43-29-36(54(10,11)12)27-41-39-25-34(52(4,5)6)21-23-45(39)58(47)50(41)43/h15-20,22,27-30,33-34,37,39-42,45,47-50H,21,23-26,31H2,1-14H3/t33?,34?,37?,39-,40?,41?,42?,45?,47?,48?,49?,50?/m1/s1. The lowest BCUT2D eigenvalue weighted by atomic mass is 9.21. The van der Waals surface area contributed by atoms with Gasteiger partial charge in [-0.15, -0.1) is 0 Å². The third-order valence-electron chi connectivity index (χ3n) is 18.4. The van der Waals surface area contributed by atoms with E-state index in [0.717, 1.165) is 11.8 Å². The predicted molar refractivity (Wildman–Crippen MR) is 247 cm³/mol. The van der Waals surface area contributed by atoms with E-state index in [2.05, 4.69) is 174 Å². The van der Waals surface area contributed by atoms with Crippen LogP contribution in [0.25, 0.3) is 0 Å². The molecular weight excluding hydrogens is 699 g/mol. The highest BCUT2D eigenvalue weighted by Crippen LogP contribution is 2.68. The fraction of sp³-hybridized carbons (Fsp3) is 0.673. The molecule has 11 unspecified atom stereocenters. The van der Waals surface area contributed by atoms with E-state index >= 15 is 0 Å². The molecule has 0 amide bonds. The second-order valence-corrected chi connectivity index (χ2v) is 25.9. The number of allylic oxidation sites excluding steroid dienone is 6. The number of benzene rings is 1. The average molecular weight is 777 g/mol. The molecule has 58 heavy (non-hydrogen) atoms. The van der Waals surface area contributed by atoms with E-state index in [1.54, 1.807) is 28.1 Å². The van der Waals surface area contributed by atoms with Crippen molar-refractivity contribution in [1.82, 2.24) is 9.80 Å². The molecule has 1 aromatic carbocycles. The zero-order valence-electron chi connectivity index (χ0n) is 39.0. The Morgan fingerprint density at radius 1 is 0.707 bits per heavy atom. The molecule has 3 heteroatoms. The molecular formula is C55H77BN2. The summed E-state index contributed by atoms with van der Waals surface area (Å²) >= 11 is 0. The third kappa shape index (κ3) is 5.79. The summed E-state index contributed by atoms with van der Waals surface area (Å²) in [5.41, 5.74) is 12.8. The molecule has 5 aliphatic carbocycles. The van der Waals surface area contributed by atoms with Crippen molar-refractivity contribution in [2.45, 2.75) is 177 Å². The van der Waals surface area contributed by atoms with Gasteiger partial charge in [-0.1, -0.05) is 169 Å². The topological polar surface area (TPSA) is 6.48 Å². The largest absolute Gasteiger partial charge is 0.342 e. The Balaban J connectivity index is 1.21. The van der Waals surface area contributed by atoms with Crippen LogP contribution >= 0.6 is 0 Å². The van der Waals surface area contributed by atoms with Crippen LogP contribution in [0.2, 0.25) is 11.6 Å². The Labute approximate surface area is 354 Å². The molecule has 0 N–H and O–H groups in total. The van der Waals surface area contributed by atoms with E-state index in [0.29, 0.717) is 71.6 Å². The summed E-state index contributed by atoms with van der Waals surface area (Å²) in [6.07, 6.45) is 24.7. The van der Waals surface area contributed by atoms with Crippen molar-refractivity contribution in [2.75, 3.05) is 0 Å². The number of hydrogen-bond donors (Lipinski definition) is 0. The minimum absolute atomic E-state index is 0.0396. The molecule has 0 bridgehead atoms. The predicted octanol–water partition coefficient (Wildman–Crippen LogP) is 13.6. The average Bonchev–Trinajstić information content (AvgIpc) is 3.66. The van der Waals surface area contributed by atoms with Gasteiger partial charge in [0.15, 0.2) is 6.71 Å². The molecule has 10 rings (SSSR count). The van der Waals surface area contributed by atoms with Crippen LogP contribution in [-0.4, -0.2) is 40.7 Å². The van der Waals surface area contributed by atoms with Crippen LogP contribution < -0.4 is 0 Å². The molecule has 0 spiro atoms. The van der Waals surface area contributed by atoms with Crippen molar-refractivity contribution in [1.29, 1.82) is 0 Å². The van der Waals surface area contributed by atoms with Crippen molar-refractivity contribution in [3.63, 3.8) is 0 Å². The van der Waals surface area contributed by atoms with E-state index in [4.69, 9.17) is 0 Å². The molecule has 310 valence electrons. The Hall–Kier alpha value is -2.52. The summed E-state index contributed by atoms with van der Waals surface area (Å²) in [6.45, 7) is 35.8. The van der Waals surface area contributed by atoms with Crippen LogP contribution in [-0.2, 0) is 5.41 Å². The van der Waals surface area contributed by atoms with Crippen molar-refractivity contribution < 1.29 is 0 Å². The van der Waals surface area contributed by atoms with Crippen LogP contribution in [0.5, 0.6) is 0 Å². The van der Waals surface area contributed by atoms with Crippen molar-refractivity contribution >= 4 is 6.71 Å². The van der Waals surface area contributed by atoms with Gasteiger partial charge in [0.25, 0.3) is 0 Å².